The summed E-state index contributed by atoms with van der Waals surface area (Å²) in [5, 5.41) is 28.3. The van der Waals surface area contributed by atoms with Crippen molar-refractivity contribution in [1.82, 2.24) is 24.4 Å². The van der Waals surface area contributed by atoms with Crippen LogP contribution in [0.3, 0.4) is 0 Å². The Morgan fingerprint density at radius 2 is 2.00 bits per heavy atom. The van der Waals surface area contributed by atoms with Crippen molar-refractivity contribution in [2.45, 2.75) is 77.6 Å². The van der Waals surface area contributed by atoms with Gasteiger partial charge in [0, 0.05) is 30.8 Å². The normalized spacial score (nSPS) is 19.0. The average molecular weight is 472 g/mol. The van der Waals surface area contributed by atoms with Crippen LogP contribution in [0, 0.1) is 5.92 Å². The molecule has 34 heavy (non-hydrogen) atoms. The van der Waals surface area contributed by atoms with Gasteiger partial charge in [0.25, 0.3) is 11.5 Å². The fourth-order valence-electron chi connectivity index (χ4n) is 4.57. The second-order valence-electron chi connectivity index (χ2n) is 10.3. The molecular formula is C24H33N5O5. The highest BCUT2D eigenvalue weighted by molar-refractivity contribution is 5.97. The number of aromatic hydroxyl groups is 1. The Bertz CT molecular complexity index is 1200. The number of nitrogens with zero attached hydrogens (tertiary/aromatic N) is 4. The number of aromatic nitrogens is 3. The summed E-state index contributed by atoms with van der Waals surface area (Å²) in [5.41, 5.74) is -1.28. The number of hydrogen-bond donors (Lipinski definition) is 3. The van der Waals surface area contributed by atoms with Crippen molar-refractivity contribution < 1.29 is 19.8 Å². The van der Waals surface area contributed by atoms with Crippen LogP contribution in [-0.4, -0.2) is 65.3 Å². The van der Waals surface area contributed by atoms with E-state index in [4.69, 9.17) is 0 Å². The fourth-order valence-corrected chi connectivity index (χ4v) is 4.57. The molecule has 2 aromatic rings. The number of hydrogen-bond acceptors (Lipinski definition) is 6. The number of carbonyl (C=O) groups excluding carboxylic acids is 2. The van der Waals surface area contributed by atoms with Crippen LogP contribution in [0.2, 0.25) is 0 Å². The average Bonchev–Trinajstić information content (AvgIpc) is 3.25. The Balaban J connectivity index is 1.73. The summed E-state index contributed by atoms with van der Waals surface area (Å²) in [6.45, 7) is 8.21. The molecular weight excluding hydrogens is 438 g/mol. The molecule has 2 amide bonds. The van der Waals surface area contributed by atoms with Crippen LogP contribution in [0.15, 0.2) is 17.1 Å². The number of aliphatic hydroxyl groups is 1. The SMILES string of the molecule is CC(C)Cn1c(O)c(C(=O)NC2CC2)c(=O)n2ncc(/C=C/C(=O)N3CCC[C@H]3C(C)(C)O)c12. The molecule has 3 heterocycles. The maximum absolute atomic E-state index is 13.1. The highest BCUT2D eigenvalue weighted by atomic mass is 16.3. The van der Waals surface area contributed by atoms with Gasteiger partial charge in [-0.25, -0.2) is 0 Å². The highest BCUT2D eigenvalue weighted by Gasteiger charge is 2.37. The maximum Gasteiger partial charge on any atom is 0.291 e. The van der Waals surface area contributed by atoms with Gasteiger partial charge in [0.05, 0.1) is 17.8 Å². The number of nitrogens with one attached hydrogen (secondary N) is 1. The molecule has 10 heteroatoms. The summed E-state index contributed by atoms with van der Waals surface area (Å²) in [5.74, 6) is -1.17. The maximum atomic E-state index is 13.1. The molecule has 184 valence electrons. The minimum Gasteiger partial charge on any atom is -0.494 e. The zero-order valence-electron chi connectivity index (χ0n) is 20.1. The molecule has 2 fully saturated rings. The van der Waals surface area contributed by atoms with E-state index in [1.807, 2.05) is 13.8 Å². The summed E-state index contributed by atoms with van der Waals surface area (Å²) in [4.78, 5) is 40.3. The minimum atomic E-state index is -1.01. The van der Waals surface area contributed by atoms with Gasteiger partial charge in [-0.3, -0.25) is 19.0 Å². The summed E-state index contributed by atoms with van der Waals surface area (Å²) in [7, 11) is 0. The van der Waals surface area contributed by atoms with Crippen LogP contribution in [-0.2, 0) is 11.3 Å². The van der Waals surface area contributed by atoms with E-state index in [9.17, 15) is 24.6 Å². The van der Waals surface area contributed by atoms with Crippen molar-refractivity contribution in [2.75, 3.05) is 6.54 Å². The minimum absolute atomic E-state index is 0.0287. The standard InChI is InChI=1S/C24H33N5O5/c1-14(2)13-28-21-15(7-10-18(30)27-11-5-6-17(27)24(3,4)34)12-25-29(21)23(33)19(22(28)32)20(31)26-16-8-9-16/h7,10,12,14,16-17,32,34H,5-6,8-9,11,13H2,1-4H3,(H,26,31)/b10-7+/t17-/m0/s1. The number of likely N-dealkylation sites (tertiary alicyclic amines) is 1. The summed E-state index contributed by atoms with van der Waals surface area (Å²) >= 11 is 0. The van der Waals surface area contributed by atoms with Crippen LogP contribution in [0.5, 0.6) is 5.88 Å². The topological polar surface area (TPSA) is 129 Å². The Hall–Kier alpha value is -3.14. The van der Waals surface area contributed by atoms with Crippen molar-refractivity contribution in [2.24, 2.45) is 5.92 Å². The number of rotatable bonds is 7. The lowest BCUT2D eigenvalue weighted by atomic mass is 9.96. The van der Waals surface area contributed by atoms with Crippen molar-refractivity contribution >= 4 is 23.5 Å². The molecule has 0 aromatic carbocycles. The summed E-state index contributed by atoms with van der Waals surface area (Å²) in [6.07, 6.45) is 7.65. The molecule has 0 spiro atoms. The quantitative estimate of drug-likeness (QED) is 0.525. The molecule has 1 atom stereocenters. The van der Waals surface area contributed by atoms with E-state index in [0.717, 1.165) is 30.2 Å². The predicted octanol–water partition coefficient (Wildman–Crippen LogP) is 1.52. The molecule has 0 radical (unpaired) electrons. The van der Waals surface area contributed by atoms with E-state index in [2.05, 4.69) is 10.4 Å². The largest absolute Gasteiger partial charge is 0.494 e. The van der Waals surface area contributed by atoms with Gasteiger partial charge in [-0.2, -0.15) is 9.61 Å². The smallest absolute Gasteiger partial charge is 0.291 e. The summed E-state index contributed by atoms with van der Waals surface area (Å²) in [6, 6.07) is -0.245. The predicted molar refractivity (Wildman–Crippen MR) is 127 cm³/mol. The van der Waals surface area contributed by atoms with Crippen LogP contribution in [0.25, 0.3) is 11.7 Å². The van der Waals surface area contributed by atoms with E-state index >= 15 is 0 Å². The van der Waals surface area contributed by atoms with Gasteiger partial charge in [0.15, 0.2) is 5.56 Å². The third-order valence-corrected chi connectivity index (χ3v) is 6.36. The van der Waals surface area contributed by atoms with Crippen LogP contribution < -0.4 is 10.9 Å². The molecule has 10 nitrogen and oxygen atoms in total. The molecule has 1 aliphatic carbocycles. The second-order valence-corrected chi connectivity index (χ2v) is 10.3. The van der Waals surface area contributed by atoms with Crippen molar-refractivity contribution in [3.8, 4) is 5.88 Å². The lowest BCUT2D eigenvalue weighted by Gasteiger charge is -2.33. The van der Waals surface area contributed by atoms with Crippen LogP contribution >= 0.6 is 0 Å². The van der Waals surface area contributed by atoms with Gasteiger partial charge in [-0.15, -0.1) is 0 Å². The summed E-state index contributed by atoms with van der Waals surface area (Å²) < 4.78 is 2.60. The van der Waals surface area contributed by atoms with E-state index in [0.29, 0.717) is 24.3 Å². The Kier molecular flexibility index (Phi) is 6.28. The molecule has 1 saturated heterocycles. The van der Waals surface area contributed by atoms with Gasteiger partial charge < -0.3 is 20.4 Å². The molecule has 1 aliphatic heterocycles. The molecule has 0 bridgehead atoms. The Morgan fingerprint density at radius 3 is 2.62 bits per heavy atom. The Labute approximate surface area is 197 Å². The lowest BCUT2D eigenvalue weighted by Crippen LogP contribution is -2.47. The van der Waals surface area contributed by atoms with Crippen LogP contribution in [0.1, 0.15) is 69.3 Å². The second kappa shape index (κ2) is 8.90. The van der Waals surface area contributed by atoms with E-state index in [-0.39, 0.29) is 29.5 Å². The third-order valence-electron chi connectivity index (χ3n) is 6.36. The van der Waals surface area contributed by atoms with E-state index in [1.54, 1.807) is 24.8 Å². The van der Waals surface area contributed by atoms with Crippen LogP contribution in [0.4, 0.5) is 0 Å². The first-order valence-electron chi connectivity index (χ1n) is 11.8. The monoisotopic (exact) mass is 471 g/mol. The number of amides is 2. The number of carbonyl (C=O) groups is 2. The molecule has 2 aliphatic rings. The number of fused-ring (bicyclic) bond motifs is 1. The van der Waals surface area contributed by atoms with Crippen molar-refractivity contribution in [3.63, 3.8) is 0 Å². The molecule has 4 rings (SSSR count). The highest BCUT2D eigenvalue weighted by Crippen LogP contribution is 2.28. The van der Waals surface area contributed by atoms with Crippen molar-refractivity contribution in [1.29, 1.82) is 0 Å². The van der Waals surface area contributed by atoms with Gasteiger partial charge in [-0.1, -0.05) is 13.8 Å². The van der Waals surface area contributed by atoms with Gasteiger partial charge in [-0.05, 0) is 51.5 Å². The van der Waals surface area contributed by atoms with E-state index < -0.39 is 22.9 Å². The third kappa shape index (κ3) is 4.59. The van der Waals surface area contributed by atoms with E-state index in [1.165, 1.54) is 16.8 Å². The van der Waals surface area contributed by atoms with Gasteiger partial charge in [0.1, 0.15) is 5.65 Å². The van der Waals surface area contributed by atoms with Crippen molar-refractivity contribution in [3.05, 3.63) is 33.8 Å². The lowest BCUT2D eigenvalue weighted by molar-refractivity contribution is -0.131. The first-order chi connectivity index (χ1) is 16.0. The molecule has 3 N–H and O–H groups in total. The molecule has 0 unspecified atom stereocenters. The molecule has 1 saturated carbocycles. The first-order valence-corrected chi connectivity index (χ1v) is 11.8. The fraction of sp³-hybridized carbons (Fsp3) is 0.583. The van der Waals surface area contributed by atoms with Gasteiger partial charge in [0.2, 0.25) is 11.8 Å². The zero-order chi connectivity index (χ0) is 24.8. The van der Waals surface area contributed by atoms with Gasteiger partial charge >= 0.3 is 0 Å². The zero-order valence-corrected chi connectivity index (χ0v) is 20.1. The first kappa shape index (κ1) is 24.0. The molecule has 2 aromatic heterocycles. The Morgan fingerprint density at radius 1 is 1.29 bits per heavy atom.